The fraction of sp³-hybridized carbons (Fsp3) is 0.417. The van der Waals surface area contributed by atoms with Gasteiger partial charge in [0.1, 0.15) is 0 Å². The maximum Gasteiger partial charge on any atom is 0.340 e. The normalized spacial score (nSPS) is 18.8. The summed E-state index contributed by atoms with van der Waals surface area (Å²) in [6.45, 7) is 0.428. The molecule has 1 aliphatic heterocycles. The molecule has 0 radical (unpaired) electrons. The third-order valence-corrected chi connectivity index (χ3v) is 3.69. The lowest BCUT2D eigenvalue weighted by Crippen LogP contribution is -2.27. The zero-order valence-corrected chi connectivity index (χ0v) is 11.7. The van der Waals surface area contributed by atoms with Crippen molar-refractivity contribution in [1.29, 1.82) is 0 Å². The maximum absolute atomic E-state index is 12.0. The Morgan fingerprint density at radius 2 is 2.37 bits per heavy atom. The maximum atomic E-state index is 12.0. The summed E-state index contributed by atoms with van der Waals surface area (Å²) in [5.74, 6) is -0.240. The summed E-state index contributed by atoms with van der Waals surface area (Å²) >= 11 is 11.8. The Bertz CT molecular complexity index is 522. The largest absolute Gasteiger partial charge is 0.465 e. The third-order valence-electron chi connectivity index (χ3n) is 2.98. The number of aromatic nitrogens is 1. The molecular weight excluding hydrogens is 291 g/mol. The van der Waals surface area contributed by atoms with Crippen molar-refractivity contribution in [3.63, 3.8) is 0 Å². The predicted molar refractivity (Wildman–Crippen MR) is 71.8 cm³/mol. The van der Waals surface area contributed by atoms with Crippen molar-refractivity contribution in [2.24, 2.45) is 5.92 Å². The molecule has 1 saturated heterocycles. The van der Waals surface area contributed by atoms with Crippen LogP contribution < -0.4 is 4.90 Å². The molecule has 0 aromatic carbocycles. The Morgan fingerprint density at radius 1 is 1.63 bits per heavy atom. The standard InChI is InChI=1S/C12H12Cl2N2O3/c1-19-12(18)8-2-3-15-11(14)10(8)16-6-7(5-13)4-9(16)17/h2-3,7H,4-6H2,1H3. The molecule has 1 amide bonds. The van der Waals surface area contributed by atoms with Crippen molar-refractivity contribution < 1.29 is 14.3 Å². The first-order valence-corrected chi connectivity index (χ1v) is 6.58. The van der Waals surface area contributed by atoms with Gasteiger partial charge in [0, 0.05) is 25.0 Å². The van der Waals surface area contributed by atoms with Gasteiger partial charge in [0.15, 0.2) is 5.15 Å². The summed E-state index contributed by atoms with van der Waals surface area (Å²) in [6, 6.07) is 1.48. The zero-order chi connectivity index (χ0) is 14.0. The van der Waals surface area contributed by atoms with Crippen LogP contribution in [0.2, 0.25) is 5.15 Å². The molecule has 2 heterocycles. The number of halogens is 2. The molecule has 2 rings (SSSR count). The van der Waals surface area contributed by atoms with Crippen LogP contribution in [0, 0.1) is 5.92 Å². The van der Waals surface area contributed by atoms with Gasteiger partial charge in [-0.15, -0.1) is 11.6 Å². The van der Waals surface area contributed by atoms with Gasteiger partial charge < -0.3 is 9.64 Å². The van der Waals surface area contributed by atoms with Gasteiger partial charge in [0.05, 0.1) is 18.4 Å². The Hall–Kier alpha value is -1.33. The fourth-order valence-corrected chi connectivity index (χ4v) is 2.53. The lowest BCUT2D eigenvalue weighted by atomic mass is 10.1. The van der Waals surface area contributed by atoms with E-state index in [1.807, 2.05) is 0 Å². The van der Waals surface area contributed by atoms with E-state index in [4.69, 9.17) is 27.9 Å². The summed E-state index contributed by atoms with van der Waals surface area (Å²) in [7, 11) is 1.27. The van der Waals surface area contributed by atoms with Crippen LogP contribution in [0.1, 0.15) is 16.8 Å². The summed E-state index contributed by atoms with van der Waals surface area (Å²) in [5.41, 5.74) is 0.528. The van der Waals surface area contributed by atoms with E-state index >= 15 is 0 Å². The average Bonchev–Trinajstić information content (AvgIpc) is 2.78. The topological polar surface area (TPSA) is 59.5 Å². The van der Waals surface area contributed by atoms with E-state index in [0.717, 1.165) is 0 Å². The van der Waals surface area contributed by atoms with Crippen molar-refractivity contribution in [3.8, 4) is 0 Å². The van der Waals surface area contributed by atoms with Crippen LogP contribution in [-0.4, -0.2) is 36.4 Å². The summed E-state index contributed by atoms with van der Waals surface area (Å²) in [4.78, 5) is 29.1. The molecule has 1 atom stereocenters. The molecule has 0 bridgehead atoms. The van der Waals surface area contributed by atoms with Crippen LogP contribution in [0.4, 0.5) is 5.69 Å². The SMILES string of the molecule is COC(=O)c1ccnc(Cl)c1N1CC(CCl)CC1=O. The van der Waals surface area contributed by atoms with Gasteiger partial charge in [-0.1, -0.05) is 11.6 Å². The van der Waals surface area contributed by atoms with Crippen LogP contribution in [0.25, 0.3) is 0 Å². The van der Waals surface area contributed by atoms with Crippen molar-refractivity contribution in [2.45, 2.75) is 6.42 Å². The van der Waals surface area contributed by atoms with Crippen molar-refractivity contribution in [1.82, 2.24) is 4.98 Å². The highest BCUT2D eigenvalue weighted by atomic mass is 35.5. The van der Waals surface area contributed by atoms with Crippen LogP contribution in [0.3, 0.4) is 0 Å². The minimum Gasteiger partial charge on any atom is -0.465 e. The number of pyridine rings is 1. The first-order valence-electron chi connectivity index (χ1n) is 5.67. The number of ether oxygens (including phenoxy) is 1. The lowest BCUT2D eigenvalue weighted by Gasteiger charge is -2.19. The highest BCUT2D eigenvalue weighted by Crippen LogP contribution is 2.33. The van der Waals surface area contributed by atoms with Crippen LogP contribution in [0.5, 0.6) is 0 Å². The number of alkyl halides is 1. The minimum atomic E-state index is -0.554. The molecule has 1 aromatic rings. The Balaban J connectivity index is 2.44. The molecule has 0 N–H and O–H groups in total. The zero-order valence-electron chi connectivity index (χ0n) is 10.2. The summed E-state index contributed by atoms with van der Waals surface area (Å²) < 4.78 is 4.69. The van der Waals surface area contributed by atoms with Crippen molar-refractivity contribution in [2.75, 3.05) is 24.4 Å². The Labute approximate surface area is 120 Å². The van der Waals surface area contributed by atoms with Gasteiger partial charge >= 0.3 is 5.97 Å². The Kier molecular flexibility index (Phi) is 4.27. The first kappa shape index (κ1) is 14.1. The molecule has 102 valence electrons. The molecule has 19 heavy (non-hydrogen) atoms. The molecule has 7 heteroatoms. The average molecular weight is 303 g/mol. The van der Waals surface area contributed by atoms with Crippen LogP contribution in [-0.2, 0) is 9.53 Å². The second-order valence-corrected chi connectivity index (χ2v) is 4.88. The van der Waals surface area contributed by atoms with Gasteiger partial charge in [0.2, 0.25) is 5.91 Å². The van der Waals surface area contributed by atoms with E-state index in [9.17, 15) is 9.59 Å². The molecule has 0 saturated carbocycles. The van der Waals surface area contributed by atoms with Gasteiger partial charge in [-0.05, 0) is 12.0 Å². The van der Waals surface area contributed by atoms with Gasteiger partial charge in [-0.3, -0.25) is 4.79 Å². The van der Waals surface area contributed by atoms with E-state index in [1.165, 1.54) is 24.3 Å². The number of hydrogen-bond donors (Lipinski definition) is 0. The Morgan fingerprint density at radius 3 is 2.95 bits per heavy atom. The predicted octanol–water partition coefficient (Wildman–Crippen LogP) is 2.11. The smallest absolute Gasteiger partial charge is 0.340 e. The first-order chi connectivity index (χ1) is 9.08. The lowest BCUT2D eigenvalue weighted by molar-refractivity contribution is -0.117. The van der Waals surface area contributed by atoms with Gasteiger partial charge in [-0.2, -0.15) is 0 Å². The molecular formula is C12H12Cl2N2O3. The van der Waals surface area contributed by atoms with Gasteiger partial charge in [-0.25, -0.2) is 9.78 Å². The number of carbonyl (C=O) groups excluding carboxylic acids is 2. The molecule has 5 nitrogen and oxygen atoms in total. The number of amides is 1. The van der Waals surface area contributed by atoms with E-state index in [0.29, 0.717) is 24.5 Å². The van der Waals surface area contributed by atoms with Crippen LogP contribution in [0.15, 0.2) is 12.3 Å². The number of carbonyl (C=O) groups is 2. The van der Waals surface area contributed by atoms with Crippen molar-refractivity contribution in [3.05, 3.63) is 23.0 Å². The molecule has 1 aliphatic rings. The van der Waals surface area contributed by atoms with E-state index in [-0.39, 0.29) is 22.5 Å². The number of esters is 1. The van der Waals surface area contributed by atoms with E-state index < -0.39 is 5.97 Å². The highest BCUT2D eigenvalue weighted by Gasteiger charge is 2.34. The van der Waals surface area contributed by atoms with E-state index in [2.05, 4.69) is 4.98 Å². The molecule has 1 aromatic heterocycles. The van der Waals surface area contributed by atoms with Gasteiger partial charge in [0.25, 0.3) is 0 Å². The second-order valence-electron chi connectivity index (χ2n) is 4.22. The number of methoxy groups -OCH3 is 1. The number of hydrogen-bond acceptors (Lipinski definition) is 4. The van der Waals surface area contributed by atoms with Crippen molar-refractivity contribution >= 4 is 40.8 Å². The molecule has 1 fully saturated rings. The third kappa shape index (κ3) is 2.67. The monoisotopic (exact) mass is 302 g/mol. The molecule has 0 spiro atoms. The highest BCUT2D eigenvalue weighted by molar-refractivity contribution is 6.33. The van der Waals surface area contributed by atoms with Crippen LogP contribution >= 0.6 is 23.2 Å². The quantitative estimate of drug-likeness (QED) is 0.487. The minimum absolute atomic E-state index is 0.0518. The number of nitrogens with zero attached hydrogens (tertiary/aromatic N) is 2. The number of rotatable bonds is 3. The summed E-state index contributed by atoms with van der Waals surface area (Å²) in [5, 5.41) is 0.103. The number of anilines is 1. The molecule has 0 aliphatic carbocycles. The summed E-state index contributed by atoms with van der Waals surface area (Å²) in [6.07, 6.45) is 1.74. The molecule has 1 unspecified atom stereocenters. The van der Waals surface area contributed by atoms with E-state index in [1.54, 1.807) is 0 Å². The second kappa shape index (κ2) is 5.75. The fourth-order valence-electron chi connectivity index (χ4n) is 2.06.